The van der Waals surface area contributed by atoms with E-state index >= 15 is 0 Å². The number of hydrogen-bond acceptors (Lipinski definition) is 4. The molecule has 7 nitrogen and oxygen atoms in total. The topological polar surface area (TPSA) is 88.9 Å². The van der Waals surface area contributed by atoms with Crippen LogP contribution in [0.2, 0.25) is 0 Å². The van der Waals surface area contributed by atoms with E-state index in [1.165, 1.54) is 0 Å². The molecule has 0 radical (unpaired) electrons. The van der Waals surface area contributed by atoms with Crippen LogP contribution in [0.5, 0.6) is 0 Å². The van der Waals surface area contributed by atoms with E-state index in [1.807, 2.05) is 61.5 Å². The van der Waals surface area contributed by atoms with Crippen LogP contribution in [0.15, 0.2) is 78.9 Å². The second kappa shape index (κ2) is 9.26. The highest BCUT2D eigenvalue weighted by Crippen LogP contribution is 2.21. The fraction of sp³-hybridized carbons (Fsp3) is 0.120. The van der Waals surface area contributed by atoms with Gasteiger partial charge in [-0.15, -0.1) is 5.10 Å². The lowest BCUT2D eigenvalue weighted by molar-refractivity contribution is -0.119. The van der Waals surface area contributed by atoms with Gasteiger partial charge in [-0.25, -0.2) is 4.68 Å². The van der Waals surface area contributed by atoms with Gasteiger partial charge in [0.05, 0.1) is 17.8 Å². The zero-order chi connectivity index (χ0) is 22.5. The monoisotopic (exact) mass is 425 g/mol. The van der Waals surface area contributed by atoms with E-state index in [9.17, 15) is 9.59 Å². The summed E-state index contributed by atoms with van der Waals surface area (Å²) in [6.07, 6.45) is 0.293. The average Bonchev–Trinajstić information content (AvgIpc) is 3.22. The maximum Gasteiger partial charge on any atom is 0.278 e. The molecular formula is C25H23N5O2. The summed E-state index contributed by atoms with van der Waals surface area (Å²) in [7, 11) is 1.60. The van der Waals surface area contributed by atoms with Crippen LogP contribution in [0.3, 0.4) is 0 Å². The van der Waals surface area contributed by atoms with Crippen LogP contribution in [0, 0.1) is 6.92 Å². The summed E-state index contributed by atoms with van der Waals surface area (Å²) in [6, 6.07) is 25.2. The van der Waals surface area contributed by atoms with Crippen molar-refractivity contribution in [3.63, 3.8) is 0 Å². The first kappa shape index (κ1) is 21.0. The lowest BCUT2D eigenvalue weighted by Gasteiger charge is -2.07. The number of benzene rings is 3. The molecule has 0 spiro atoms. The first-order chi connectivity index (χ1) is 15.5. The predicted octanol–water partition coefficient (Wildman–Crippen LogP) is 3.78. The third-order valence-electron chi connectivity index (χ3n) is 5.18. The minimum atomic E-state index is -0.339. The van der Waals surface area contributed by atoms with E-state index < -0.39 is 0 Å². The largest absolute Gasteiger partial charge is 0.359 e. The summed E-state index contributed by atoms with van der Waals surface area (Å²) in [5.41, 5.74) is 5.45. The molecule has 0 atom stereocenters. The predicted molar refractivity (Wildman–Crippen MR) is 124 cm³/mol. The van der Waals surface area contributed by atoms with Crippen LogP contribution < -0.4 is 10.6 Å². The number of rotatable bonds is 6. The van der Waals surface area contributed by atoms with Crippen molar-refractivity contribution in [2.45, 2.75) is 13.3 Å². The Balaban J connectivity index is 1.47. The van der Waals surface area contributed by atoms with Crippen molar-refractivity contribution >= 4 is 17.5 Å². The molecule has 1 heterocycles. The van der Waals surface area contributed by atoms with Gasteiger partial charge < -0.3 is 10.6 Å². The molecule has 0 saturated heterocycles. The molecule has 0 aliphatic rings. The smallest absolute Gasteiger partial charge is 0.278 e. The lowest BCUT2D eigenvalue weighted by atomic mass is 10.1. The van der Waals surface area contributed by atoms with Crippen molar-refractivity contribution in [3.8, 4) is 16.8 Å². The minimum Gasteiger partial charge on any atom is -0.359 e. The number of anilines is 1. The summed E-state index contributed by atoms with van der Waals surface area (Å²) < 4.78 is 1.65. The Morgan fingerprint density at radius 2 is 1.53 bits per heavy atom. The highest BCUT2D eigenvalue weighted by Gasteiger charge is 2.17. The first-order valence-corrected chi connectivity index (χ1v) is 10.2. The molecule has 7 heteroatoms. The number of nitrogens with one attached hydrogen (secondary N) is 2. The molecule has 4 aromatic rings. The van der Waals surface area contributed by atoms with Crippen LogP contribution in [0.1, 0.15) is 21.7 Å². The fourth-order valence-corrected chi connectivity index (χ4v) is 3.38. The van der Waals surface area contributed by atoms with Gasteiger partial charge in [0.25, 0.3) is 5.91 Å². The Kier molecular flexibility index (Phi) is 6.07. The first-order valence-electron chi connectivity index (χ1n) is 10.2. The van der Waals surface area contributed by atoms with Gasteiger partial charge in [0.2, 0.25) is 5.91 Å². The number of amides is 2. The van der Waals surface area contributed by atoms with Crippen molar-refractivity contribution in [2.24, 2.45) is 0 Å². The molecule has 4 rings (SSSR count). The molecule has 1 aromatic heterocycles. The van der Waals surface area contributed by atoms with Gasteiger partial charge in [0, 0.05) is 12.7 Å². The maximum atomic E-state index is 12.7. The van der Waals surface area contributed by atoms with E-state index in [4.69, 9.17) is 0 Å². The molecule has 2 N–H and O–H groups in total. The van der Waals surface area contributed by atoms with Gasteiger partial charge in [0.15, 0.2) is 5.69 Å². The molecule has 3 aromatic carbocycles. The van der Waals surface area contributed by atoms with Crippen molar-refractivity contribution in [2.75, 3.05) is 12.4 Å². The van der Waals surface area contributed by atoms with Crippen LogP contribution in [0.4, 0.5) is 5.69 Å². The van der Waals surface area contributed by atoms with Crippen molar-refractivity contribution < 1.29 is 9.59 Å². The summed E-state index contributed by atoms with van der Waals surface area (Å²) in [5.74, 6) is -0.403. The van der Waals surface area contributed by atoms with E-state index in [0.29, 0.717) is 17.8 Å². The van der Waals surface area contributed by atoms with Crippen LogP contribution in [0.25, 0.3) is 16.8 Å². The molecular weight excluding hydrogens is 402 g/mol. The quantitative estimate of drug-likeness (QED) is 0.492. The van der Waals surface area contributed by atoms with E-state index in [2.05, 4.69) is 33.1 Å². The molecule has 32 heavy (non-hydrogen) atoms. The van der Waals surface area contributed by atoms with Crippen LogP contribution in [-0.2, 0) is 11.2 Å². The maximum absolute atomic E-state index is 12.7. The molecule has 0 fully saturated rings. The standard InChI is InChI=1S/C25H23N5O2/c1-17-24(25(32)27-21-12-8-18(9-13-21)16-23(31)26-2)28-29-30(17)22-14-10-20(11-15-22)19-6-4-3-5-7-19/h3-15H,16H2,1-2H3,(H,26,31)(H,27,32). The number of aromatic nitrogens is 3. The van der Waals surface area contributed by atoms with Crippen molar-refractivity contribution in [3.05, 3.63) is 95.8 Å². The van der Waals surface area contributed by atoms with Crippen LogP contribution in [-0.4, -0.2) is 33.9 Å². The molecule has 0 unspecified atom stereocenters. The van der Waals surface area contributed by atoms with E-state index in [1.54, 1.807) is 23.9 Å². The Morgan fingerprint density at radius 1 is 0.875 bits per heavy atom. The Bertz CT molecular complexity index is 1230. The number of nitrogens with zero attached hydrogens (tertiary/aromatic N) is 3. The molecule has 0 saturated carbocycles. The average molecular weight is 425 g/mol. The minimum absolute atomic E-state index is 0.0641. The number of likely N-dealkylation sites (N-methyl/N-ethyl adjacent to an activating group) is 1. The number of hydrogen-bond donors (Lipinski definition) is 2. The van der Waals surface area contributed by atoms with Gasteiger partial charge in [-0.05, 0) is 47.9 Å². The molecule has 0 bridgehead atoms. The van der Waals surface area contributed by atoms with Crippen LogP contribution >= 0.6 is 0 Å². The van der Waals surface area contributed by atoms with E-state index in [0.717, 1.165) is 22.4 Å². The van der Waals surface area contributed by atoms with Crippen molar-refractivity contribution in [1.29, 1.82) is 0 Å². The lowest BCUT2D eigenvalue weighted by Crippen LogP contribution is -2.20. The van der Waals surface area contributed by atoms with Gasteiger partial charge in [0.1, 0.15) is 0 Å². The Labute approximate surface area is 186 Å². The van der Waals surface area contributed by atoms with Gasteiger partial charge >= 0.3 is 0 Å². The third-order valence-corrected chi connectivity index (χ3v) is 5.18. The van der Waals surface area contributed by atoms with Gasteiger partial charge in [-0.3, -0.25) is 9.59 Å². The number of carbonyl (C=O) groups is 2. The van der Waals surface area contributed by atoms with Gasteiger partial charge in [-0.1, -0.05) is 59.8 Å². The third kappa shape index (κ3) is 4.57. The number of carbonyl (C=O) groups excluding carboxylic acids is 2. The molecule has 0 aliphatic carbocycles. The SMILES string of the molecule is CNC(=O)Cc1ccc(NC(=O)c2nnn(-c3ccc(-c4ccccc4)cc3)c2C)cc1. The summed E-state index contributed by atoms with van der Waals surface area (Å²) in [6.45, 7) is 1.81. The van der Waals surface area contributed by atoms with Gasteiger partial charge in [-0.2, -0.15) is 0 Å². The highest BCUT2D eigenvalue weighted by atomic mass is 16.2. The summed E-state index contributed by atoms with van der Waals surface area (Å²) in [5, 5.41) is 13.7. The second-order valence-electron chi connectivity index (χ2n) is 7.35. The second-order valence-corrected chi connectivity index (χ2v) is 7.35. The zero-order valence-corrected chi connectivity index (χ0v) is 17.9. The van der Waals surface area contributed by atoms with E-state index in [-0.39, 0.29) is 17.5 Å². The summed E-state index contributed by atoms with van der Waals surface area (Å²) in [4.78, 5) is 24.2. The summed E-state index contributed by atoms with van der Waals surface area (Å²) >= 11 is 0. The van der Waals surface area contributed by atoms with Crippen molar-refractivity contribution in [1.82, 2.24) is 20.3 Å². The molecule has 2 amide bonds. The molecule has 0 aliphatic heterocycles. The highest BCUT2D eigenvalue weighted by molar-refractivity contribution is 6.03. The zero-order valence-electron chi connectivity index (χ0n) is 17.9. The normalized spacial score (nSPS) is 10.6. The fourth-order valence-electron chi connectivity index (χ4n) is 3.38. The Hall–Kier alpha value is -4.26. The Morgan fingerprint density at radius 3 is 2.19 bits per heavy atom. The molecule has 160 valence electrons.